The van der Waals surface area contributed by atoms with Crippen molar-refractivity contribution in [2.24, 2.45) is 5.73 Å². The number of primary amides is 1. The van der Waals surface area contributed by atoms with Crippen LogP contribution >= 0.6 is 11.3 Å². The lowest BCUT2D eigenvalue weighted by Crippen LogP contribution is -2.36. The van der Waals surface area contributed by atoms with Gasteiger partial charge in [-0.3, -0.25) is 9.69 Å². The second kappa shape index (κ2) is 8.49. The Balaban J connectivity index is 1.93. The van der Waals surface area contributed by atoms with Gasteiger partial charge in [-0.05, 0) is 40.4 Å². The highest BCUT2D eigenvalue weighted by Crippen LogP contribution is 2.25. The summed E-state index contributed by atoms with van der Waals surface area (Å²) in [6.07, 6.45) is 2.89. The van der Waals surface area contributed by atoms with Gasteiger partial charge in [0.05, 0.1) is 6.61 Å². The lowest BCUT2D eigenvalue weighted by molar-refractivity contribution is -0.118. The number of carbonyl (C=O) groups is 1. The monoisotopic (exact) mass is 371 g/mol. The van der Waals surface area contributed by atoms with E-state index in [-0.39, 0.29) is 25.1 Å². The van der Waals surface area contributed by atoms with Gasteiger partial charge in [-0.25, -0.2) is 0 Å². The summed E-state index contributed by atoms with van der Waals surface area (Å²) >= 11 is 1.68. The van der Waals surface area contributed by atoms with E-state index >= 15 is 0 Å². The highest BCUT2D eigenvalue weighted by molar-refractivity contribution is 7.07. The molecule has 1 atom stereocenters. The van der Waals surface area contributed by atoms with Crippen LogP contribution in [0.25, 0.3) is 10.9 Å². The van der Waals surface area contributed by atoms with Crippen molar-refractivity contribution >= 4 is 28.1 Å². The quantitative estimate of drug-likeness (QED) is 0.607. The Morgan fingerprint density at radius 2 is 2.12 bits per heavy atom. The maximum atomic E-state index is 11.4. The zero-order valence-electron chi connectivity index (χ0n) is 15.0. The maximum Gasteiger partial charge on any atom is 0.237 e. The van der Waals surface area contributed by atoms with E-state index in [4.69, 9.17) is 5.73 Å². The Hall–Kier alpha value is -2.15. The van der Waals surface area contributed by atoms with E-state index in [1.54, 1.807) is 11.3 Å². The van der Waals surface area contributed by atoms with Crippen LogP contribution in [-0.2, 0) is 24.4 Å². The molecule has 0 saturated heterocycles. The first kappa shape index (κ1) is 18.6. The molecule has 0 aliphatic carbocycles. The molecule has 1 amide bonds. The zero-order valence-corrected chi connectivity index (χ0v) is 15.8. The minimum absolute atomic E-state index is 0.0909. The maximum absolute atomic E-state index is 11.4. The summed E-state index contributed by atoms with van der Waals surface area (Å²) in [5, 5.41) is 15.2. The van der Waals surface area contributed by atoms with Gasteiger partial charge in [0.2, 0.25) is 5.91 Å². The first-order chi connectivity index (χ1) is 12.6. The number of nitrogens with zero attached hydrogens (tertiary/aromatic N) is 2. The molecule has 3 N–H and O–H groups in total. The molecule has 138 valence electrons. The number of hydrogen-bond donors (Lipinski definition) is 2. The molecule has 0 radical (unpaired) electrons. The molecule has 0 aliphatic heterocycles. The molecule has 1 aromatic carbocycles. The number of aromatic nitrogens is 1. The molecule has 0 spiro atoms. The van der Waals surface area contributed by atoms with Gasteiger partial charge in [0, 0.05) is 36.2 Å². The number of carbonyl (C=O) groups excluding carboxylic acids is 1. The van der Waals surface area contributed by atoms with Crippen molar-refractivity contribution < 1.29 is 9.90 Å². The second-order valence-electron chi connectivity index (χ2n) is 6.55. The van der Waals surface area contributed by atoms with Crippen LogP contribution in [0.15, 0.2) is 47.3 Å². The van der Waals surface area contributed by atoms with Crippen molar-refractivity contribution in [2.75, 3.05) is 6.61 Å². The first-order valence-corrected chi connectivity index (χ1v) is 9.77. The van der Waals surface area contributed by atoms with Gasteiger partial charge in [-0.2, -0.15) is 11.3 Å². The summed E-state index contributed by atoms with van der Waals surface area (Å²) in [4.78, 5) is 13.7. The Morgan fingerprint density at radius 3 is 2.77 bits per heavy atom. The fourth-order valence-electron chi connectivity index (χ4n) is 3.40. The fourth-order valence-corrected chi connectivity index (χ4v) is 4.06. The van der Waals surface area contributed by atoms with Crippen LogP contribution in [0.5, 0.6) is 0 Å². The summed E-state index contributed by atoms with van der Waals surface area (Å²) in [6, 6.07) is 10.3. The Labute approximate surface area is 157 Å². The van der Waals surface area contributed by atoms with E-state index in [1.807, 2.05) is 29.0 Å². The average molecular weight is 372 g/mol. The predicted octanol–water partition coefficient (Wildman–Crippen LogP) is 2.96. The Morgan fingerprint density at radius 1 is 1.31 bits per heavy atom. The van der Waals surface area contributed by atoms with Crippen molar-refractivity contribution in [3.05, 3.63) is 58.4 Å². The number of hydrogen-bond acceptors (Lipinski definition) is 4. The minimum atomic E-state index is -0.353. The molecule has 3 aromatic rings. The van der Waals surface area contributed by atoms with Crippen LogP contribution in [0.1, 0.15) is 24.5 Å². The lowest BCUT2D eigenvalue weighted by Gasteiger charge is -2.29. The van der Waals surface area contributed by atoms with Gasteiger partial charge >= 0.3 is 0 Å². The molecule has 0 saturated carbocycles. The van der Waals surface area contributed by atoms with E-state index < -0.39 is 0 Å². The largest absolute Gasteiger partial charge is 0.395 e. The van der Waals surface area contributed by atoms with Gasteiger partial charge < -0.3 is 15.4 Å². The van der Waals surface area contributed by atoms with Gasteiger partial charge in [0.15, 0.2) is 0 Å². The molecule has 1 unspecified atom stereocenters. The SMILES string of the molecule is CCC(CO)N(Cc1ccsc1)Cc1cn(CC(N)=O)c2ccccc12. The van der Waals surface area contributed by atoms with Gasteiger partial charge in [-0.1, -0.05) is 25.1 Å². The van der Waals surface area contributed by atoms with E-state index in [1.165, 1.54) is 5.56 Å². The third kappa shape index (κ3) is 4.15. The number of nitrogens with two attached hydrogens (primary N) is 1. The summed E-state index contributed by atoms with van der Waals surface area (Å²) in [7, 11) is 0. The molecule has 2 aromatic heterocycles. The third-order valence-electron chi connectivity index (χ3n) is 4.73. The third-order valence-corrected chi connectivity index (χ3v) is 5.47. The molecule has 5 nitrogen and oxygen atoms in total. The molecule has 0 fully saturated rings. The van der Waals surface area contributed by atoms with Crippen molar-refractivity contribution in [3.63, 3.8) is 0 Å². The fraction of sp³-hybridized carbons (Fsp3) is 0.350. The topological polar surface area (TPSA) is 71.5 Å². The number of aliphatic hydroxyl groups excluding tert-OH is 1. The molecule has 2 heterocycles. The van der Waals surface area contributed by atoms with E-state index in [0.717, 1.165) is 29.4 Å². The van der Waals surface area contributed by atoms with Gasteiger partial charge in [0.25, 0.3) is 0 Å². The predicted molar refractivity (Wildman–Crippen MR) is 106 cm³/mol. The van der Waals surface area contributed by atoms with Crippen LogP contribution in [0.3, 0.4) is 0 Å². The van der Waals surface area contributed by atoms with Gasteiger partial charge in [-0.15, -0.1) is 0 Å². The minimum Gasteiger partial charge on any atom is -0.395 e. The number of aliphatic hydroxyl groups is 1. The van der Waals surface area contributed by atoms with Crippen LogP contribution in [0, 0.1) is 0 Å². The van der Waals surface area contributed by atoms with E-state index in [2.05, 4.69) is 34.7 Å². The highest BCUT2D eigenvalue weighted by atomic mass is 32.1. The summed E-state index contributed by atoms with van der Waals surface area (Å²) in [5.74, 6) is -0.353. The number of benzene rings is 1. The number of rotatable bonds is 9. The van der Waals surface area contributed by atoms with Crippen molar-refractivity contribution in [1.29, 1.82) is 0 Å². The molecule has 6 heteroatoms. The van der Waals surface area contributed by atoms with E-state index in [0.29, 0.717) is 6.54 Å². The summed E-state index contributed by atoms with van der Waals surface area (Å²) in [5.41, 5.74) is 8.81. The Kier molecular flexibility index (Phi) is 6.08. The molecule has 3 rings (SSSR count). The number of para-hydroxylation sites is 1. The summed E-state index contributed by atoms with van der Waals surface area (Å²) < 4.78 is 1.91. The standard InChI is InChI=1S/C20H25N3O2S/c1-2-17(13-24)22(9-15-7-8-26-14-15)10-16-11-23(12-20(21)25)19-6-4-3-5-18(16)19/h3-8,11,14,17,24H,2,9-10,12-13H2,1H3,(H2,21,25). The number of thiophene rings is 1. The molecule has 0 bridgehead atoms. The molecule has 0 aliphatic rings. The normalized spacial score (nSPS) is 12.7. The van der Waals surface area contributed by atoms with Crippen LogP contribution in [0.2, 0.25) is 0 Å². The van der Waals surface area contributed by atoms with E-state index in [9.17, 15) is 9.90 Å². The molecule has 26 heavy (non-hydrogen) atoms. The van der Waals surface area contributed by atoms with Crippen LogP contribution in [-0.4, -0.2) is 33.1 Å². The van der Waals surface area contributed by atoms with Crippen molar-refractivity contribution in [3.8, 4) is 0 Å². The molecular formula is C20H25N3O2S. The molecular weight excluding hydrogens is 346 g/mol. The Bertz CT molecular complexity index is 853. The first-order valence-electron chi connectivity index (χ1n) is 8.83. The van der Waals surface area contributed by atoms with Gasteiger partial charge in [0.1, 0.15) is 6.54 Å². The highest BCUT2D eigenvalue weighted by Gasteiger charge is 2.19. The zero-order chi connectivity index (χ0) is 18.5. The second-order valence-corrected chi connectivity index (χ2v) is 7.33. The van der Waals surface area contributed by atoms with Crippen LogP contribution in [0.4, 0.5) is 0 Å². The smallest absolute Gasteiger partial charge is 0.237 e. The lowest BCUT2D eigenvalue weighted by atomic mass is 10.1. The average Bonchev–Trinajstić information content (AvgIpc) is 3.25. The number of fused-ring (bicyclic) bond motifs is 1. The number of amides is 1. The van der Waals surface area contributed by atoms with Crippen molar-refractivity contribution in [2.45, 2.75) is 39.0 Å². The van der Waals surface area contributed by atoms with Crippen LogP contribution < -0.4 is 5.73 Å². The van der Waals surface area contributed by atoms with Crippen molar-refractivity contribution in [1.82, 2.24) is 9.47 Å². The summed E-state index contributed by atoms with van der Waals surface area (Å²) in [6.45, 7) is 3.89.